The van der Waals surface area contributed by atoms with Crippen molar-refractivity contribution in [1.29, 1.82) is 0 Å². The van der Waals surface area contributed by atoms with Crippen LogP contribution in [0.15, 0.2) is 18.2 Å². The summed E-state index contributed by atoms with van der Waals surface area (Å²) in [5, 5.41) is 5.00. The van der Waals surface area contributed by atoms with Crippen LogP contribution in [0.3, 0.4) is 0 Å². The summed E-state index contributed by atoms with van der Waals surface area (Å²) >= 11 is 12.2. The van der Waals surface area contributed by atoms with Gasteiger partial charge < -0.3 is 10.1 Å². The largest absolute Gasteiger partial charge is 0.385 e. The Morgan fingerprint density at radius 2 is 2.11 bits per heavy atom. The zero-order valence-corrected chi connectivity index (χ0v) is 12.5. The monoisotopic (exact) mass is 289 g/mol. The molecule has 18 heavy (non-hydrogen) atoms. The van der Waals surface area contributed by atoms with Crippen molar-refractivity contribution in [3.63, 3.8) is 0 Å². The van der Waals surface area contributed by atoms with Crippen molar-refractivity contribution in [3.8, 4) is 0 Å². The molecule has 102 valence electrons. The van der Waals surface area contributed by atoms with E-state index in [1.165, 1.54) is 0 Å². The molecule has 0 aliphatic rings. The number of hydrogen-bond acceptors (Lipinski definition) is 2. The van der Waals surface area contributed by atoms with Gasteiger partial charge in [-0.2, -0.15) is 0 Å². The minimum absolute atomic E-state index is 0.418. The minimum atomic E-state index is 0.418. The number of likely N-dealkylation sites (N-methyl/N-ethyl adjacent to an activating group) is 1. The molecule has 2 nitrogen and oxygen atoms in total. The number of benzene rings is 1. The van der Waals surface area contributed by atoms with Gasteiger partial charge in [0, 0.05) is 29.8 Å². The Bertz CT molecular complexity index is 358. The van der Waals surface area contributed by atoms with Gasteiger partial charge in [-0.1, -0.05) is 30.1 Å². The van der Waals surface area contributed by atoms with Gasteiger partial charge in [0.1, 0.15) is 0 Å². The van der Waals surface area contributed by atoms with Gasteiger partial charge in [-0.15, -0.1) is 0 Å². The van der Waals surface area contributed by atoms with Crippen molar-refractivity contribution in [2.24, 2.45) is 0 Å². The second kappa shape index (κ2) is 8.76. The van der Waals surface area contributed by atoms with Crippen LogP contribution < -0.4 is 5.32 Å². The first-order chi connectivity index (χ1) is 8.67. The lowest BCUT2D eigenvalue weighted by Gasteiger charge is -2.18. The Hall–Kier alpha value is -0.280. The van der Waals surface area contributed by atoms with E-state index < -0.39 is 0 Å². The predicted octanol–water partition coefficient (Wildman–Crippen LogP) is 3.94. The van der Waals surface area contributed by atoms with Crippen molar-refractivity contribution in [2.45, 2.75) is 32.2 Å². The van der Waals surface area contributed by atoms with Crippen LogP contribution in [0.5, 0.6) is 0 Å². The van der Waals surface area contributed by atoms with Crippen molar-refractivity contribution >= 4 is 23.2 Å². The molecule has 0 aromatic heterocycles. The molecule has 0 saturated heterocycles. The predicted molar refractivity (Wildman–Crippen MR) is 78.7 cm³/mol. The highest BCUT2D eigenvalue weighted by atomic mass is 35.5. The quantitative estimate of drug-likeness (QED) is 0.732. The number of halogens is 2. The van der Waals surface area contributed by atoms with Crippen molar-refractivity contribution < 1.29 is 4.74 Å². The zero-order valence-electron chi connectivity index (χ0n) is 11.0. The van der Waals surface area contributed by atoms with E-state index in [1.807, 2.05) is 18.2 Å². The molecule has 0 bridgehead atoms. The fraction of sp³-hybridized carbons (Fsp3) is 0.571. The number of ether oxygens (including phenoxy) is 1. The summed E-state index contributed by atoms with van der Waals surface area (Å²) < 4.78 is 5.09. The molecular formula is C14H21Cl2NO. The average Bonchev–Trinajstić information content (AvgIpc) is 2.34. The van der Waals surface area contributed by atoms with Gasteiger partial charge in [0.05, 0.1) is 0 Å². The highest BCUT2D eigenvalue weighted by Gasteiger charge is 2.11. The van der Waals surface area contributed by atoms with E-state index in [2.05, 4.69) is 12.2 Å². The fourth-order valence-electron chi connectivity index (χ4n) is 2.00. The summed E-state index contributed by atoms with van der Waals surface area (Å²) in [6.07, 6.45) is 3.02. The fourth-order valence-corrected chi connectivity index (χ4v) is 2.39. The van der Waals surface area contributed by atoms with E-state index in [0.717, 1.165) is 48.0 Å². The second-order valence-corrected chi connectivity index (χ2v) is 5.17. The van der Waals surface area contributed by atoms with Crippen molar-refractivity contribution in [1.82, 2.24) is 5.32 Å². The number of hydrogen-bond donors (Lipinski definition) is 1. The first-order valence-electron chi connectivity index (χ1n) is 6.33. The minimum Gasteiger partial charge on any atom is -0.385 e. The Labute approximate surface area is 120 Å². The molecule has 1 aromatic carbocycles. The van der Waals surface area contributed by atoms with Crippen molar-refractivity contribution in [2.75, 3.05) is 20.3 Å². The van der Waals surface area contributed by atoms with Crippen LogP contribution in [0, 0.1) is 0 Å². The molecule has 0 aliphatic heterocycles. The molecule has 1 rings (SSSR count). The molecule has 1 N–H and O–H groups in total. The van der Waals surface area contributed by atoms with E-state index in [9.17, 15) is 0 Å². The van der Waals surface area contributed by atoms with E-state index >= 15 is 0 Å². The molecule has 0 saturated carbocycles. The molecule has 1 aromatic rings. The maximum atomic E-state index is 6.19. The lowest BCUT2D eigenvalue weighted by molar-refractivity contribution is 0.188. The lowest BCUT2D eigenvalue weighted by Crippen LogP contribution is -2.31. The van der Waals surface area contributed by atoms with Crippen LogP contribution in [-0.4, -0.2) is 26.3 Å². The molecule has 4 heteroatoms. The number of rotatable bonds is 8. The van der Waals surface area contributed by atoms with Gasteiger partial charge in [0.15, 0.2) is 0 Å². The van der Waals surface area contributed by atoms with Crippen LogP contribution in [0.25, 0.3) is 0 Å². The van der Waals surface area contributed by atoms with Crippen LogP contribution in [0.2, 0.25) is 10.0 Å². The first kappa shape index (κ1) is 15.8. The van der Waals surface area contributed by atoms with Gasteiger partial charge in [0.25, 0.3) is 0 Å². The highest BCUT2D eigenvalue weighted by molar-refractivity contribution is 6.33. The van der Waals surface area contributed by atoms with Crippen LogP contribution >= 0.6 is 23.2 Å². The van der Waals surface area contributed by atoms with E-state index in [-0.39, 0.29) is 0 Å². The molecule has 0 fully saturated rings. The highest BCUT2D eigenvalue weighted by Crippen LogP contribution is 2.22. The van der Waals surface area contributed by atoms with Gasteiger partial charge in [-0.25, -0.2) is 0 Å². The summed E-state index contributed by atoms with van der Waals surface area (Å²) in [5.41, 5.74) is 1.10. The third-order valence-corrected chi connectivity index (χ3v) is 3.47. The Morgan fingerprint density at radius 3 is 2.78 bits per heavy atom. The standard InChI is InChI=1S/C14H21Cl2NO/c1-3-17-13(5-4-8-18-2)10-11-9-12(15)6-7-14(11)16/h6-7,9,13,17H,3-5,8,10H2,1-2H3. The molecule has 0 aliphatic carbocycles. The third-order valence-electron chi connectivity index (χ3n) is 2.87. The topological polar surface area (TPSA) is 21.3 Å². The van der Waals surface area contributed by atoms with Gasteiger partial charge in [-0.3, -0.25) is 0 Å². The zero-order chi connectivity index (χ0) is 13.4. The second-order valence-electron chi connectivity index (χ2n) is 4.33. The SMILES string of the molecule is CCNC(CCCOC)Cc1cc(Cl)ccc1Cl. The summed E-state index contributed by atoms with van der Waals surface area (Å²) in [7, 11) is 1.73. The maximum Gasteiger partial charge on any atom is 0.0462 e. The van der Waals surface area contributed by atoms with Gasteiger partial charge in [0.2, 0.25) is 0 Å². The number of nitrogens with one attached hydrogen (secondary N) is 1. The third kappa shape index (κ3) is 5.57. The summed E-state index contributed by atoms with van der Waals surface area (Å²) in [5.74, 6) is 0. The normalized spacial score (nSPS) is 12.7. The molecular weight excluding hydrogens is 269 g/mol. The lowest BCUT2D eigenvalue weighted by atomic mass is 10.0. The first-order valence-corrected chi connectivity index (χ1v) is 7.09. The van der Waals surface area contributed by atoms with Crippen LogP contribution in [0.4, 0.5) is 0 Å². The van der Waals surface area contributed by atoms with E-state index in [1.54, 1.807) is 7.11 Å². The Balaban J connectivity index is 2.60. The molecule has 1 atom stereocenters. The molecule has 0 amide bonds. The van der Waals surface area contributed by atoms with Gasteiger partial charge >= 0.3 is 0 Å². The summed E-state index contributed by atoms with van der Waals surface area (Å²) in [6.45, 7) is 3.86. The molecule has 0 spiro atoms. The Morgan fingerprint density at radius 1 is 1.33 bits per heavy atom. The average molecular weight is 290 g/mol. The van der Waals surface area contributed by atoms with Crippen molar-refractivity contribution in [3.05, 3.63) is 33.8 Å². The number of methoxy groups -OCH3 is 1. The smallest absolute Gasteiger partial charge is 0.0462 e. The summed E-state index contributed by atoms with van der Waals surface area (Å²) in [4.78, 5) is 0. The van der Waals surface area contributed by atoms with Crippen LogP contribution in [-0.2, 0) is 11.2 Å². The van der Waals surface area contributed by atoms with E-state index in [4.69, 9.17) is 27.9 Å². The summed E-state index contributed by atoms with van der Waals surface area (Å²) in [6, 6.07) is 6.05. The maximum absolute atomic E-state index is 6.19. The van der Waals surface area contributed by atoms with Gasteiger partial charge in [-0.05, 0) is 49.6 Å². The van der Waals surface area contributed by atoms with E-state index in [0.29, 0.717) is 6.04 Å². The Kier molecular flexibility index (Phi) is 7.68. The molecule has 1 unspecified atom stereocenters. The molecule has 0 radical (unpaired) electrons. The molecule has 0 heterocycles. The van der Waals surface area contributed by atoms with Crippen LogP contribution in [0.1, 0.15) is 25.3 Å².